The number of rotatable bonds is 4. The Balaban J connectivity index is 1.92. The van der Waals surface area contributed by atoms with Crippen LogP contribution in [0.4, 0.5) is 0 Å². The molecule has 2 N–H and O–H groups in total. The van der Waals surface area contributed by atoms with Gasteiger partial charge in [0.25, 0.3) is 0 Å². The van der Waals surface area contributed by atoms with Crippen LogP contribution in [0.5, 0.6) is 0 Å². The number of carbonyl (C=O) groups excluding carboxylic acids is 1. The van der Waals surface area contributed by atoms with Gasteiger partial charge in [0.2, 0.25) is 15.9 Å². The number of nitrogens with one attached hydrogen (secondary N) is 1. The molecule has 0 spiro atoms. The Kier molecular flexibility index (Phi) is 5.27. The minimum absolute atomic E-state index is 0.222. The molecular formula is C14H26N2O4S. The van der Waals surface area contributed by atoms with Gasteiger partial charge in [-0.1, -0.05) is 25.7 Å². The molecule has 2 aliphatic rings. The van der Waals surface area contributed by atoms with E-state index in [-0.39, 0.29) is 12.5 Å². The second-order valence-corrected chi connectivity index (χ2v) is 8.32. The summed E-state index contributed by atoms with van der Waals surface area (Å²) >= 11 is 0. The van der Waals surface area contributed by atoms with E-state index in [9.17, 15) is 18.3 Å². The molecule has 0 radical (unpaired) electrons. The maximum Gasteiger partial charge on any atom is 0.238 e. The van der Waals surface area contributed by atoms with E-state index >= 15 is 0 Å². The van der Waals surface area contributed by atoms with E-state index in [1.165, 1.54) is 4.31 Å². The topological polar surface area (TPSA) is 86.7 Å². The quantitative estimate of drug-likeness (QED) is 0.744. The molecule has 1 amide bonds. The molecule has 1 heterocycles. The highest BCUT2D eigenvalue weighted by Crippen LogP contribution is 2.27. The van der Waals surface area contributed by atoms with Gasteiger partial charge in [0.05, 0.1) is 11.9 Å². The molecule has 7 heteroatoms. The number of carbonyl (C=O) groups is 1. The zero-order valence-electron chi connectivity index (χ0n) is 12.7. The lowest BCUT2D eigenvalue weighted by atomic mass is 9.94. The predicted octanol–water partition coefficient (Wildman–Crippen LogP) is 0.612. The van der Waals surface area contributed by atoms with Crippen LogP contribution in [0.15, 0.2) is 0 Å². The molecule has 1 atom stereocenters. The number of sulfonamides is 1. The molecule has 6 nitrogen and oxygen atoms in total. The van der Waals surface area contributed by atoms with Crippen LogP contribution in [0.3, 0.4) is 0 Å². The molecule has 0 bridgehead atoms. The molecule has 1 aliphatic heterocycles. The van der Waals surface area contributed by atoms with Gasteiger partial charge < -0.3 is 10.4 Å². The third-order valence-electron chi connectivity index (χ3n) is 4.56. The Labute approximate surface area is 126 Å². The van der Waals surface area contributed by atoms with Crippen molar-refractivity contribution >= 4 is 15.9 Å². The van der Waals surface area contributed by atoms with E-state index in [4.69, 9.17) is 0 Å². The third kappa shape index (κ3) is 4.40. The van der Waals surface area contributed by atoms with E-state index in [1.54, 1.807) is 0 Å². The molecule has 21 heavy (non-hydrogen) atoms. The van der Waals surface area contributed by atoms with Crippen molar-refractivity contribution in [1.29, 1.82) is 0 Å². The molecule has 2 fully saturated rings. The van der Waals surface area contributed by atoms with Crippen LogP contribution in [0.1, 0.15) is 51.4 Å². The summed E-state index contributed by atoms with van der Waals surface area (Å²) in [5.74, 6) is -0.282. The normalized spacial score (nSPS) is 27.2. The molecule has 1 saturated heterocycles. The maximum absolute atomic E-state index is 12.2. The SMILES string of the molecule is CS(=O)(=O)N1CCCC1C(=O)NCC1(O)CCCCCC1. The summed E-state index contributed by atoms with van der Waals surface area (Å²) in [5.41, 5.74) is -0.833. The van der Waals surface area contributed by atoms with Gasteiger partial charge in [-0.3, -0.25) is 4.79 Å². The highest BCUT2D eigenvalue weighted by Gasteiger charge is 2.37. The fourth-order valence-electron chi connectivity index (χ4n) is 3.33. The highest BCUT2D eigenvalue weighted by molar-refractivity contribution is 7.88. The first-order valence-electron chi connectivity index (χ1n) is 7.79. The van der Waals surface area contributed by atoms with Crippen molar-refractivity contribution in [3.63, 3.8) is 0 Å². The fourth-order valence-corrected chi connectivity index (χ4v) is 4.46. The minimum Gasteiger partial charge on any atom is -0.388 e. The van der Waals surface area contributed by atoms with Gasteiger partial charge in [-0.05, 0) is 25.7 Å². The summed E-state index contributed by atoms with van der Waals surface area (Å²) in [6.45, 7) is 0.626. The van der Waals surface area contributed by atoms with Crippen molar-refractivity contribution in [2.45, 2.75) is 63.0 Å². The van der Waals surface area contributed by atoms with Crippen LogP contribution in [-0.2, 0) is 14.8 Å². The van der Waals surface area contributed by atoms with E-state index < -0.39 is 21.7 Å². The zero-order chi connectivity index (χ0) is 15.5. The average Bonchev–Trinajstić information content (AvgIpc) is 2.81. The Morgan fingerprint density at radius 1 is 1.24 bits per heavy atom. The number of nitrogens with zero attached hydrogens (tertiary/aromatic N) is 1. The zero-order valence-corrected chi connectivity index (χ0v) is 13.5. The van der Waals surface area contributed by atoms with Crippen molar-refractivity contribution in [2.75, 3.05) is 19.3 Å². The van der Waals surface area contributed by atoms with E-state index in [1.807, 2.05) is 0 Å². The van der Waals surface area contributed by atoms with Gasteiger partial charge in [-0.25, -0.2) is 8.42 Å². The first-order chi connectivity index (χ1) is 9.82. The minimum atomic E-state index is -3.35. The second kappa shape index (κ2) is 6.62. The fraction of sp³-hybridized carbons (Fsp3) is 0.929. The molecule has 0 aromatic carbocycles. The standard InChI is InChI=1S/C14H26N2O4S/c1-21(19,20)16-10-6-7-12(16)13(17)15-11-14(18)8-4-2-3-5-9-14/h12,18H,2-11H2,1H3,(H,15,17). The van der Waals surface area contributed by atoms with E-state index in [2.05, 4.69) is 5.32 Å². The lowest BCUT2D eigenvalue weighted by molar-refractivity contribution is -0.125. The van der Waals surface area contributed by atoms with Crippen LogP contribution in [-0.4, -0.2) is 54.7 Å². The number of aliphatic hydroxyl groups is 1. The first-order valence-corrected chi connectivity index (χ1v) is 9.64. The van der Waals surface area contributed by atoms with Crippen molar-refractivity contribution in [2.24, 2.45) is 0 Å². The smallest absolute Gasteiger partial charge is 0.238 e. The molecule has 1 unspecified atom stereocenters. The Hall–Kier alpha value is -0.660. The molecule has 122 valence electrons. The molecular weight excluding hydrogens is 292 g/mol. The van der Waals surface area contributed by atoms with Crippen LogP contribution < -0.4 is 5.32 Å². The van der Waals surface area contributed by atoms with Gasteiger partial charge in [-0.15, -0.1) is 0 Å². The Morgan fingerprint density at radius 3 is 2.43 bits per heavy atom. The lowest BCUT2D eigenvalue weighted by Crippen LogP contribution is -2.50. The summed E-state index contributed by atoms with van der Waals surface area (Å²) in [5, 5.41) is 13.3. The average molecular weight is 318 g/mol. The largest absolute Gasteiger partial charge is 0.388 e. The predicted molar refractivity (Wildman–Crippen MR) is 80.2 cm³/mol. The van der Waals surface area contributed by atoms with Gasteiger partial charge in [-0.2, -0.15) is 4.31 Å². The Bertz CT molecular complexity index is 469. The maximum atomic E-state index is 12.2. The second-order valence-electron chi connectivity index (χ2n) is 6.39. The number of hydrogen-bond donors (Lipinski definition) is 2. The summed E-state index contributed by atoms with van der Waals surface area (Å²) < 4.78 is 24.6. The lowest BCUT2D eigenvalue weighted by Gasteiger charge is -2.28. The monoisotopic (exact) mass is 318 g/mol. The van der Waals surface area contributed by atoms with Crippen molar-refractivity contribution in [3.05, 3.63) is 0 Å². The van der Waals surface area contributed by atoms with Crippen molar-refractivity contribution in [1.82, 2.24) is 9.62 Å². The first kappa shape index (κ1) is 16.7. The molecule has 1 aliphatic carbocycles. The number of amides is 1. The molecule has 1 saturated carbocycles. The molecule has 2 rings (SSSR count). The van der Waals surface area contributed by atoms with Crippen molar-refractivity contribution in [3.8, 4) is 0 Å². The summed E-state index contributed by atoms with van der Waals surface area (Å²) in [4.78, 5) is 12.2. The summed E-state index contributed by atoms with van der Waals surface area (Å²) in [7, 11) is -3.35. The summed E-state index contributed by atoms with van der Waals surface area (Å²) in [6.07, 6.45) is 8.00. The molecule has 0 aromatic rings. The van der Waals surface area contributed by atoms with Gasteiger partial charge in [0.1, 0.15) is 6.04 Å². The molecule has 0 aromatic heterocycles. The van der Waals surface area contributed by atoms with Crippen molar-refractivity contribution < 1.29 is 18.3 Å². The van der Waals surface area contributed by atoms with E-state index in [0.717, 1.165) is 31.9 Å². The third-order valence-corrected chi connectivity index (χ3v) is 5.85. The van der Waals surface area contributed by atoms with Gasteiger partial charge in [0, 0.05) is 13.1 Å². The number of hydrogen-bond acceptors (Lipinski definition) is 4. The van der Waals surface area contributed by atoms with Crippen LogP contribution >= 0.6 is 0 Å². The van der Waals surface area contributed by atoms with Crippen LogP contribution in [0.25, 0.3) is 0 Å². The van der Waals surface area contributed by atoms with Crippen LogP contribution in [0.2, 0.25) is 0 Å². The van der Waals surface area contributed by atoms with Gasteiger partial charge in [0.15, 0.2) is 0 Å². The highest BCUT2D eigenvalue weighted by atomic mass is 32.2. The Morgan fingerprint density at radius 2 is 1.86 bits per heavy atom. The van der Waals surface area contributed by atoms with Gasteiger partial charge >= 0.3 is 0 Å². The van der Waals surface area contributed by atoms with E-state index in [0.29, 0.717) is 32.2 Å². The van der Waals surface area contributed by atoms with Crippen LogP contribution in [0, 0.1) is 0 Å². The summed E-state index contributed by atoms with van der Waals surface area (Å²) in [6, 6.07) is -0.616.